The number of para-hydroxylation sites is 1. The quantitative estimate of drug-likeness (QED) is 0.716. The zero-order valence-electron chi connectivity index (χ0n) is 11.2. The van der Waals surface area contributed by atoms with Crippen molar-refractivity contribution in [3.63, 3.8) is 0 Å². The van der Waals surface area contributed by atoms with E-state index < -0.39 is 0 Å². The molecule has 0 aliphatic rings. The molecule has 0 aliphatic heterocycles. The maximum atomic E-state index is 11.6. The fourth-order valence-corrected chi connectivity index (χ4v) is 1.64. The molecule has 0 aromatic heterocycles. The summed E-state index contributed by atoms with van der Waals surface area (Å²) in [5.41, 5.74) is 0.612. The first-order valence-corrected chi connectivity index (χ1v) is 6.99. The van der Waals surface area contributed by atoms with Gasteiger partial charge in [-0.3, -0.25) is 0 Å². The van der Waals surface area contributed by atoms with E-state index in [4.69, 9.17) is 16.3 Å². The van der Waals surface area contributed by atoms with Crippen molar-refractivity contribution >= 4 is 23.3 Å². The highest BCUT2D eigenvalue weighted by molar-refractivity contribution is 6.33. The number of hydrogen-bond donors (Lipinski definition) is 2. The summed E-state index contributed by atoms with van der Waals surface area (Å²) in [5.74, 6) is 0. The topological polar surface area (TPSA) is 50.4 Å². The fourth-order valence-electron chi connectivity index (χ4n) is 1.45. The lowest BCUT2D eigenvalue weighted by atomic mass is 10.3. The van der Waals surface area contributed by atoms with E-state index in [0.717, 1.165) is 25.9 Å². The van der Waals surface area contributed by atoms with Crippen molar-refractivity contribution in [3.8, 4) is 0 Å². The van der Waals surface area contributed by atoms with Gasteiger partial charge in [0.05, 0.1) is 10.7 Å². The van der Waals surface area contributed by atoms with Crippen molar-refractivity contribution in [1.29, 1.82) is 0 Å². The van der Waals surface area contributed by atoms with Crippen molar-refractivity contribution in [2.75, 3.05) is 25.1 Å². The molecule has 4 nitrogen and oxygen atoms in total. The molecule has 0 fully saturated rings. The summed E-state index contributed by atoms with van der Waals surface area (Å²) < 4.78 is 5.40. The highest BCUT2D eigenvalue weighted by Gasteiger charge is 2.03. The van der Waals surface area contributed by atoms with Gasteiger partial charge in [0, 0.05) is 19.8 Å². The van der Waals surface area contributed by atoms with Crippen LogP contribution in [0.1, 0.15) is 26.2 Å². The van der Waals surface area contributed by atoms with Gasteiger partial charge in [-0.1, -0.05) is 37.1 Å². The lowest BCUT2D eigenvalue weighted by Gasteiger charge is -2.09. The van der Waals surface area contributed by atoms with Gasteiger partial charge in [-0.05, 0) is 25.0 Å². The third kappa shape index (κ3) is 7.03. The lowest BCUT2D eigenvalue weighted by molar-refractivity contribution is 0.129. The zero-order valence-corrected chi connectivity index (χ0v) is 12.0. The number of urea groups is 1. The Balaban J connectivity index is 2.10. The van der Waals surface area contributed by atoms with E-state index >= 15 is 0 Å². The van der Waals surface area contributed by atoms with E-state index in [0.29, 0.717) is 23.9 Å². The van der Waals surface area contributed by atoms with Crippen molar-refractivity contribution in [2.45, 2.75) is 26.2 Å². The molecule has 1 aromatic rings. The first-order chi connectivity index (χ1) is 9.24. The van der Waals surface area contributed by atoms with E-state index in [1.54, 1.807) is 12.1 Å². The van der Waals surface area contributed by atoms with Crippen molar-refractivity contribution < 1.29 is 9.53 Å². The molecule has 106 valence electrons. The Bertz CT molecular complexity index is 385. The minimum atomic E-state index is -0.248. The number of carbonyl (C=O) groups is 1. The van der Waals surface area contributed by atoms with Crippen LogP contribution in [-0.4, -0.2) is 25.8 Å². The number of halogens is 1. The second kappa shape index (κ2) is 9.64. The molecule has 1 rings (SSSR count). The van der Waals surface area contributed by atoms with Crippen molar-refractivity contribution in [3.05, 3.63) is 29.3 Å². The van der Waals surface area contributed by atoms with Crippen molar-refractivity contribution in [2.24, 2.45) is 0 Å². The van der Waals surface area contributed by atoms with E-state index in [2.05, 4.69) is 17.6 Å². The third-order valence-corrected chi connectivity index (χ3v) is 2.84. The third-order valence-electron chi connectivity index (χ3n) is 2.52. The molecule has 0 atom stereocenters. The largest absolute Gasteiger partial charge is 0.381 e. The summed E-state index contributed by atoms with van der Waals surface area (Å²) in [6, 6.07) is 6.89. The number of nitrogens with one attached hydrogen (secondary N) is 2. The molecule has 0 bridgehead atoms. The van der Waals surface area contributed by atoms with Crippen LogP contribution in [0.5, 0.6) is 0 Å². The standard InChI is InChI=1S/C14H21ClN2O2/c1-2-3-10-19-11-6-9-16-14(18)17-13-8-5-4-7-12(13)15/h4-5,7-8H,2-3,6,9-11H2,1H3,(H2,16,17,18). The van der Waals surface area contributed by atoms with Gasteiger partial charge in [-0.25, -0.2) is 4.79 Å². The van der Waals surface area contributed by atoms with Gasteiger partial charge >= 0.3 is 6.03 Å². The number of carbonyl (C=O) groups excluding carboxylic acids is 1. The van der Waals surface area contributed by atoms with Gasteiger partial charge in [0.2, 0.25) is 0 Å². The summed E-state index contributed by atoms with van der Waals surface area (Å²) in [6.07, 6.45) is 3.03. The van der Waals surface area contributed by atoms with Crippen LogP contribution >= 0.6 is 11.6 Å². The highest BCUT2D eigenvalue weighted by atomic mass is 35.5. The molecular formula is C14H21ClN2O2. The molecular weight excluding hydrogens is 264 g/mol. The molecule has 5 heteroatoms. The average Bonchev–Trinajstić information content (AvgIpc) is 2.40. The van der Waals surface area contributed by atoms with Crippen LogP contribution in [0.3, 0.4) is 0 Å². The smallest absolute Gasteiger partial charge is 0.319 e. The fraction of sp³-hybridized carbons (Fsp3) is 0.500. The molecule has 19 heavy (non-hydrogen) atoms. The summed E-state index contributed by atoms with van der Waals surface area (Å²) in [4.78, 5) is 11.6. The van der Waals surface area contributed by atoms with Gasteiger partial charge in [-0.2, -0.15) is 0 Å². The van der Waals surface area contributed by atoms with Crippen LogP contribution in [-0.2, 0) is 4.74 Å². The molecule has 0 spiro atoms. The maximum Gasteiger partial charge on any atom is 0.319 e. The van der Waals surface area contributed by atoms with E-state index in [1.165, 1.54) is 0 Å². The minimum Gasteiger partial charge on any atom is -0.381 e. The molecule has 0 heterocycles. The molecule has 0 unspecified atom stereocenters. The van der Waals surface area contributed by atoms with Gasteiger partial charge in [0.1, 0.15) is 0 Å². The molecule has 1 aromatic carbocycles. The Hall–Kier alpha value is -1.26. The summed E-state index contributed by atoms with van der Waals surface area (Å²) >= 11 is 5.94. The monoisotopic (exact) mass is 284 g/mol. The Kier molecular flexibility index (Phi) is 8.02. The molecule has 0 aliphatic carbocycles. The molecule has 0 saturated carbocycles. The number of ether oxygens (including phenoxy) is 1. The summed E-state index contributed by atoms with van der Waals surface area (Å²) in [6.45, 7) is 4.18. The zero-order chi connectivity index (χ0) is 13.9. The predicted octanol–water partition coefficient (Wildman–Crippen LogP) is 3.67. The predicted molar refractivity (Wildman–Crippen MR) is 78.8 cm³/mol. The number of anilines is 1. The second-order valence-corrected chi connectivity index (χ2v) is 4.59. The normalized spacial score (nSPS) is 10.2. The van der Waals surface area contributed by atoms with Gasteiger partial charge in [0.25, 0.3) is 0 Å². The van der Waals surface area contributed by atoms with Gasteiger partial charge in [-0.15, -0.1) is 0 Å². The number of unbranched alkanes of at least 4 members (excludes halogenated alkanes) is 1. The van der Waals surface area contributed by atoms with Crippen molar-refractivity contribution in [1.82, 2.24) is 5.32 Å². The Morgan fingerprint density at radius 3 is 2.74 bits per heavy atom. The summed E-state index contributed by atoms with van der Waals surface area (Å²) in [7, 11) is 0. The van der Waals surface area contributed by atoms with Crippen LogP contribution in [0.4, 0.5) is 10.5 Å². The van der Waals surface area contributed by atoms with Gasteiger partial charge < -0.3 is 15.4 Å². The van der Waals surface area contributed by atoms with E-state index in [9.17, 15) is 4.79 Å². The first-order valence-electron chi connectivity index (χ1n) is 6.61. The maximum absolute atomic E-state index is 11.6. The van der Waals surface area contributed by atoms with Crippen LogP contribution in [0.15, 0.2) is 24.3 Å². The highest BCUT2D eigenvalue weighted by Crippen LogP contribution is 2.19. The first kappa shape index (κ1) is 15.8. The second-order valence-electron chi connectivity index (χ2n) is 4.18. The number of benzene rings is 1. The SMILES string of the molecule is CCCCOCCCNC(=O)Nc1ccccc1Cl. The molecule has 2 N–H and O–H groups in total. The summed E-state index contributed by atoms with van der Waals surface area (Å²) in [5, 5.41) is 5.99. The lowest BCUT2D eigenvalue weighted by Crippen LogP contribution is -2.30. The van der Waals surface area contributed by atoms with Crippen LogP contribution in [0.25, 0.3) is 0 Å². The van der Waals surface area contributed by atoms with Crippen LogP contribution in [0, 0.1) is 0 Å². The molecule has 2 amide bonds. The Labute approximate surface area is 119 Å². The van der Waals surface area contributed by atoms with Gasteiger partial charge in [0.15, 0.2) is 0 Å². The van der Waals surface area contributed by atoms with Crippen LogP contribution in [0.2, 0.25) is 5.02 Å². The Morgan fingerprint density at radius 2 is 2.00 bits per heavy atom. The number of amides is 2. The van der Waals surface area contributed by atoms with E-state index in [1.807, 2.05) is 12.1 Å². The van der Waals surface area contributed by atoms with E-state index in [-0.39, 0.29) is 6.03 Å². The Morgan fingerprint density at radius 1 is 1.26 bits per heavy atom. The number of hydrogen-bond acceptors (Lipinski definition) is 2. The van der Waals surface area contributed by atoms with Crippen LogP contribution < -0.4 is 10.6 Å². The molecule has 0 radical (unpaired) electrons. The number of rotatable bonds is 8. The average molecular weight is 285 g/mol. The minimum absolute atomic E-state index is 0.248. The molecule has 0 saturated heterocycles.